The molecule has 0 aromatic heterocycles. The van der Waals surface area contributed by atoms with Crippen LogP contribution in [0.4, 0.5) is 0 Å². The summed E-state index contributed by atoms with van der Waals surface area (Å²) in [6.07, 6.45) is 8.78. The van der Waals surface area contributed by atoms with Gasteiger partial charge in [0.15, 0.2) is 0 Å². The maximum absolute atomic E-state index is 4.09. The van der Waals surface area contributed by atoms with Gasteiger partial charge in [0.25, 0.3) is 0 Å². The molecule has 0 aliphatic heterocycles. The van der Waals surface area contributed by atoms with Gasteiger partial charge in [0.05, 0.1) is 6.54 Å². The van der Waals surface area contributed by atoms with E-state index < -0.39 is 0 Å². The third-order valence-corrected chi connectivity index (χ3v) is 1.60. The van der Waals surface area contributed by atoms with E-state index in [1.54, 1.807) is 0 Å². The van der Waals surface area contributed by atoms with Crippen LogP contribution >= 0.6 is 0 Å². The lowest BCUT2D eigenvalue weighted by Crippen LogP contribution is -1.87. The van der Waals surface area contributed by atoms with Gasteiger partial charge in [-0.3, -0.25) is 4.99 Å². The Hall–Kier alpha value is -0.590. The van der Waals surface area contributed by atoms with Crippen molar-refractivity contribution in [1.82, 2.24) is 0 Å². The molecule has 64 valence electrons. The molecule has 0 saturated heterocycles. The number of aliphatic imine (C=N–C) groups is 1. The summed E-state index contributed by atoms with van der Waals surface area (Å²) in [5.41, 5.74) is 0. The highest BCUT2D eigenvalue weighted by Crippen LogP contribution is 2.05. The van der Waals surface area contributed by atoms with Crippen LogP contribution in [0.15, 0.2) is 17.1 Å². The van der Waals surface area contributed by atoms with E-state index in [9.17, 15) is 0 Å². The molecule has 11 heavy (non-hydrogen) atoms. The lowest BCUT2D eigenvalue weighted by atomic mass is 10.1. The molecular weight excluding hydrogens is 134 g/mol. The van der Waals surface area contributed by atoms with Gasteiger partial charge in [-0.15, -0.1) is 0 Å². The molecule has 0 heterocycles. The minimum Gasteiger partial charge on any atom is -0.294 e. The predicted octanol–water partition coefficient (Wildman–Crippen LogP) is 3.07. The van der Waals surface area contributed by atoms with Crippen LogP contribution in [0.5, 0.6) is 0 Å². The average Bonchev–Trinajstić information content (AvgIpc) is 1.99. The summed E-state index contributed by atoms with van der Waals surface area (Å²) in [7, 11) is 0. The van der Waals surface area contributed by atoms with E-state index in [1.165, 1.54) is 12.8 Å². The molecule has 0 amide bonds. The molecule has 0 aliphatic carbocycles. The fraction of sp³-hybridized carbons (Fsp3) is 0.700. The third-order valence-electron chi connectivity index (χ3n) is 1.60. The van der Waals surface area contributed by atoms with Crippen LogP contribution in [0, 0.1) is 5.92 Å². The normalized spacial score (nSPS) is 14.8. The number of nitrogens with zero attached hydrogens (tertiary/aromatic N) is 1. The lowest BCUT2D eigenvalue weighted by Gasteiger charge is -2.00. The van der Waals surface area contributed by atoms with Crippen LogP contribution in [0.25, 0.3) is 0 Å². The Balaban J connectivity index is 3.39. The second-order valence-electron chi connectivity index (χ2n) is 2.82. The summed E-state index contributed by atoms with van der Waals surface area (Å²) >= 11 is 0. The summed E-state index contributed by atoms with van der Waals surface area (Å²) < 4.78 is 0. The first-order chi connectivity index (χ1) is 5.31. The minimum absolute atomic E-state index is 0.715. The molecule has 0 aromatic rings. The first kappa shape index (κ1) is 10.4. The molecule has 0 N–H and O–H groups in total. The van der Waals surface area contributed by atoms with Gasteiger partial charge in [-0.1, -0.05) is 32.4 Å². The fourth-order valence-electron chi connectivity index (χ4n) is 1.01. The van der Waals surface area contributed by atoms with Crippen molar-refractivity contribution in [3.63, 3.8) is 0 Å². The van der Waals surface area contributed by atoms with Gasteiger partial charge in [0, 0.05) is 0 Å². The Labute approximate surface area is 70.2 Å². The Morgan fingerprint density at radius 3 is 2.73 bits per heavy atom. The summed E-state index contributed by atoms with van der Waals surface area (Å²) in [5.74, 6) is 0.715. The standard InChI is InChI=1S/C10H19N/c1-4-7-10(3)8-6-9-11-5-2/h5-6,8,10H,4,7,9H2,1-3H3/b8-6-,11-5+. The van der Waals surface area contributed by atoms with Crippen molar-refractivity contribution in [1.29, 1.82) is 0 Å². The summed E-state index contributed by atoms with van der Waals surface area (Å²) in [6.45, 7) is 7.25. The molecule has 0 radical (unpaired) electrons. The van der Waals surface area contributed by atoms with Gasteiger partial charge in [-0.25, -0.2) is 0 Å². The van der Waals surface area contributed by atoms with E-state index >= 15 is 0 Å². The zero-order chi connectivity index (χ0) is 8.53. The maximum atomic E-state index is 4.09. The Kier molecular flexibility index (Phi) is 7.11. The van der Waals surface area contributed by atoms with E-state index in [1.807, 2.05) is 13.1 Å². The highest BCUT2D eigenvalue weighted by molar-refractivity contribution is 5.53. The summed E-state index contributed by atoms with van der Waals surface area (Å²) in [4.78, 5) is 4.09. The van der Waals surface area contributed by atoms with Gasteiger partial charge >= 0.3 is 0 Å². The Bertz CT molecular complexity index is 125. The van der Waals surface area contributed by atoms with Crippen molar-refractivity contribution in [2.75, 3.05) is 6.54 Å². The zero-order valence-corrected chi connectivity index (χ0v) is 7.88. The van der Waals surface area contributed by atoms with Gasteiger partial charge in [0.2, 0.25) is 0 Å². The summed E-state index contributed by atoms with van der Waals surface area (Å²) in [5, 5.41) is 0. The van der Waals surface area contributed by atoms with E-state index in [0.717, 1.165) is 6.54 Å². The maximum Gasteiger partial charge on any atom is 0.0566 e. The van der Waals surface area contributed by atoms with Gasteiger partial charge < -0.3 is 0 Å². The van der Waals surface area contributed by atoms with Crippen molar-refractivity contribution in [3.8, 4) is 0 Å². The second-order valence-corrected chi connectivity index (χ2v) is 2.82. The van der Waals surface area contributed by atoms with Crippen LogP contribution in [-0.2, 0) is 0 Å². The molecule has 0 bridgehead atoms. The van der Waals surface area contributed by atoms with Gasteiger partial charge in [-0.05, 0) is 25.5 Å². The van der Waals surface area contributed by atoms with Gasteiger partial charge in [0.1, 0.15) is 0 Å². The molecule has 1 nitrogen and oxygen atoms in total. The SMILES string of the molecule is C/C=N/C/C=C\C(C)CCC. The second kappa shape index (κ2) is 7.52. The predicted molar refractivity (Wildman–Crippen MR) is 52.2 cm³/mol. The van der Waals surface area contributed by atoms with E-state index in [-0.39, 0.29) is 0 Å². The molecular formula is C10H19N. The van der Waals surface area contributed by atoms with Crippen LogP contribution in [0.3, 0.4) is 0 Å². The highest BCUT2D eigenvalue weighted by Gasteiger charge is 1.91. The quantitative estimate of drug-likeness (QED) is 0.425. The first-order valence-corrected chi connectivity index (χ1v) is 4.42. The molecule has 1 atom stereocenters. The van der Waals surface area contributed by atoms with Crippen LogP contribution in [0.1, 0.15) is 33.6 Å². The smallest absolute Gasteiger partial charge is 0.0566 e. The van der Waals surface area contributed by atoms with Crippen LogP contribution < -0.4 is 0 Å². The Morgan fingerprint density at radius 1 is 1.45 bits per heavy atom. The van der Waals surface area contributed by atoms with Crippen molar-refractivity contribution in [2.24, 2.45) is 10.9 Å². The average molecular weight is 153 g/mol. The molecule has 0 saturated carbocycles. The first-order valence-electron chi connectivity index (χ1n) is 4.42. The number of rotatable bonds is 5. The molecule has 1 unspecified atom stereocenters. The van der Waals surface area contributed by atoms with Crippen molar-refractivity contribution >= 4 is 6.21 Å². The van der Waals surface area contributed by atoms with Crippen molar-refractivity contribution in [3.05, 3.63) is 12.2 Å². The number of hydrogen-bond acceptors (Lipinski definition) is 1. The topological polar surface area (TPSA) is 12.4 Å². The van der Waals surface area contributed by atoms with Gasteiger partial charge in [-0.2, -0.15) is 0 Å². The third kappa shape index (κ3) is 7.31. The Morgan fingerprint density at radius 2 is 2.18 bits per heavy atom. The summed E-state index contributed by atoms with van der Waals surface area (Å²) in [6, 6.07) is 0. The fourth-order valence-corrected chi connectivity index (χ4v) is 1.01. The highest BCUT2D eigenvalue weighted by atomic mass is 14.7. The molecule has 0 fully saturated rings. The molecule has 0 aromatic carbocycles. The molecule has 1 heteroatoms. The monoisotopic (exact) mass is 153 g/mol. The minimum atomic E-state index is 0.715. The van der Waals surface area contributed by atoms with E-state index in [2.05, 4.69) is 31.0 Å². The van der Waals surface area contributed by atoms with Crippen LogP contribution in [0.2, 0.25) is 0 Å². The zero-order valence-electron chi connectivity index (χ0n) is 7.88. The lowest BCUT2D eigenvalue weighted by molar-refractivity contribution is 0.633. The number of allylic oxidation sites excluding steroid dienone is 1. The largest absolute Gasteiger partial charge is 0.294 e. The molecule has 0 spiro atoms. The van der Waals surface area contributed by atoms with Crippen LogP contribution in [-0.4, -0.2) is 12.8 Å². The van der Waals surface area contributed by atoms with Crippen molar-refractivity contribution < 1.29 is 0 Å². The molecule has 0 rings (SSSR count). The van der Waals surface area contributed by atoms with E-state index in [0.29, 0.717) is 5.92 Å². The van der Waals surface area contributed by atoms with E-state index in [4.69, 9.17) is 0 Å². The molecule has 0 aliphatic rings. The number of hydrogen-bond donors (Lipinski definition) is 0. The van der Waals surface area contributed by atoms with Crippen molar-refractivity contribution in [2.45, 2.75) is 33.6 Å².